The maximum Gasteiger partial charge on any atom is 0.412 e. The van der Waals surface area contributed by atoms with Gasteiger partial charge in [-0.25, -0.2) is 14.4 Å². The Bertz CT molecular complexity index is 939. The first-order valence-electron chi connectivity index (χ1n) is 9.99. The fourth-order valence-corrected chi connectivity index (χ4v) is 2.65. The van der Waals surface area contributed by atoms with Crippen LogP contribution in [0.4, 0.5) is 9.59 Å². The second-order valence-electron chi connectivity index (χ2n) is 7.94. The van der Waals surface area contributed by atoms with Crippen molar-refractivity contribution in [3.05, 3.63) is 59.7 Å². The van der Waals surface area contributed by atoms with Crippen molar-refractivity contribution in [1.29, 1.82) is 0 Å². The molecule has 9 nitrogen and oxygen atoms in total. The number of carboxylic acids is 1. The standard InChI is InChI=1S/C23H28N2O7/c1-23(2,3)32-22(29)25-17(20(26)27)12-16-10-11-18(31-21(28)24-4)19(13-16)30-14-15-8-6-5-7-9-15/h5-11,13,17H,12,14H2,1-4H3,(H,24,28)(H,25,29)(H,26,27)/t17-/m0/s1. The van der Waals surface area contributed by atoms with Gasteiger partial charge in [0.2, 0.25) is 0 Å². The van der Waals surface area contributed by atoms with Crippen molar-refractivity contribution in [3.63, 3.8) is 0 Å². The van der Waals surface area contributed by atoms with E-state index in [2.05, 4.69) is 10.6 Å². The van der Waals surface area contributed by atoms with E-state index >= 15 is 0 Å². The number of amides is 2. The summed E-state index contributed by atoms with van der Waals surface area (Å²) in [6, 6.07) is 12.9. The molecule has 0 unspecified atom stereocenters. The highest BCUT2D eigenvalue weighted by molar-refractivity contribution is 5.80. The number of ether oxygens (including phenoxy) is 3. The van der Waals surface area contributed by atoms with E-state index in [1.54, 1.807) is 32.9 Å². The van der Waals surface area contributed by atoms with Crippen LogP contribution in [0.3, 0.4) is 0 Å². The fraction of sp³-hybridized carbons (Fsp3) is 0.348. The largest absolute Gasteiger partial charge is 0.485 e. The van der Waals surface area contributed by atoms with E-state index in [4.69, 9.17) is 14.2 Å². The third-order valence-electron chi connectivity index (χ3n) is 4.08. The zero-order chi connectivity index (χ0) is 23.7. The van der Waals surface area contributed by atoms with Gasteiger partial charge < -0.3 is 30.0 Å². The van der Waals surface area contributed by atoms with Crippen molar-refractivity contribution in [2.45, 2.75) is 45.4 Å². The molecule has 0 saturated carbocycles. The van der Waals surface area contributed by atoms with Crippen LogP contribution in [0, 0.1) is 0 Å². The summed E-state index contributed by atoms with van der Waals surface area (Å²) < 4.78 is 16.2. The number of benzene rings is 2. The van der Waals surface area contributed by atoms with Crippen LogP contribution >= 0.6 is 0 Å². The molecule has 32 heavy (non-hydrogen) atoms. The van der Waals surface area contributed by atoms with Gasteiger partial charge in [-0.15, -0.1) is 0 Å². The first kappa shape index (κ1) is 24.5. The molecule has 0 spiro atoms. The molecule has 0 saturated heterocycles. The lowest BCUT2D eigenvalue weighted by atomic mass is 10.1. The number of nitrogens with one attached hydrogen (secondary N) is 2. The van der Waals surface area contributed by atoms with Crippen molar-refractivity contribution >= 4 is 18.2 Å². The fourth-order valence-electron chi connectivity index (χ4n) is 2.65. The van der Waals surface area contributed by atoms with Crippen molar-refractivity contribution in [2.24, 2.45) is 0 Å². The second kappa shape index (κ2) is 11.0. The number of carbonyl (C=O) groups excluding carboxylic acids is 2. The number of rotatable bonds is 8. The van der Waals surface area contributed by atoms with Gasteiger partial charge in [-0.1, -0.05) is 36.4 Å². The van der Waals surface area contributed by atoms with Crippen LogP contribution in [0.2, 0.25) is 0 Å². The molecular formula is C23H28N2O7. The smallest absolute Gasteiger partial charge is 0.412 e. The van der Waals surface area contributed by atoms with E-state index < -0.39 is 29.8 Å². The molecule has 2 amide bonds. The Balaban J connectivity index is 2.20. The third-order valence-corrected chi connectivity index (χ3v) is 4.08. The Hall–Kier alpha value is -3.75. The average molecular weight is 444 g/mol. The molecule has 0 aliphatic heterocycles. The summed E-state index contributed by atoms with van der Waals surface area (Å²) in [6.07, 6.45) is -1.53. The van der Waals surface area contributed by atoms with Crippen molar-refractivity contribution < 1.29 is 33.7 Å². The van der Waals surface area contributed by atoms with Gasteiger partial charge in [0, 0.05) is 13.5 Å². The van der Waals surface area contributed by atoms with Crippen LogP contribution in [0.25, 0.3) is 0 Å². The van der Waals surface area contributed by atoms with Crippen LogP contribution in [0.15, 0.2) is 48.5 Å². The Morgan fingerprint density at radius 1 is 0.969 bits per heavy atom. The van der Waals surface area contributed by atoms with Crippen LogP contribution < -0.4 is 20.1 Å². The average Bonchev–Trinajstić information content (AvgIpc) is 2.72. The van der Waals surface area contributed by atoms with E-state index in [-0.39, 0.29) is 24.5 Å². The van der Waals surface area contributed by atoms with Gasteiger partial charge in [-0.05, 0) is 44.0 Å². The Morgan fingerprint density at radius 3 is 2.25 bits per heavy atom. The summed E-state index contributed by atoms with van der Waals surface area (Å²) in [5, 5.41) is 14.2. The van der Waals surface area contributed by atoms with Crippen LogP contribution in [-0.4, -0.2) is 42.0 Å². The number of carboxylic acid groups (broad SMARTS) is 1. The van der Waals surface area contributed by atoms with E-state index in [0.29, 0.717) is 5.56 Å². The Morgan fingerprint density at radius 2 is 1.66 bits per heavy atom. The molecule has 0 heterocycles. The first-order chi connectivity index (χ1) is 15.1. The van der Waals surface area contributed by atoms with Gasteiger partial charge in [0.1, 0.15) is 18.2 Å². The predicted octanol–water partition coefficient (Wildman–Crippen LogP) is 3.50. The molecule has 2 aromatic carbocycles. The highest BCUT2D eigenvalue weighted by atomic mass is 16.6. The molecule has 9 heteroatoms. The molecule has 1 atom stereocenters. The summed E-state index contributed by atoms with van der Waals surface area (Å²) in [6.45, 7) is 5.27. The van der Waals surface area contributed by atoms with Crippen LogP contribution in [0.1, 0.15) is 31.9 Å². The van der Waals surface area contributed by atoms with E-state index in [1.165, 1.54) is 13.1 Å². The van der Waals surface area contributed by atoms with E-state index in [9.17, 15) is 19.5 Å². The van der Waals surface area contributed by atoms with Gasteiger partial charge in [-0.2, -0.15) is 0 Å². The summed E-state index contributed by atoms with van der Waals surface area (Å²) in [7, 11) is 1.43. The van der Waals surface area contributed by atoms with E-state index in [1.807, 2.05) is 30.3 Å². The van der Waals surface area contributed by atoms with Gasteiger partial charge in [0.05, 0.1) is 0 Å². The zero-order valence-electron chi connectivity index (χ0n) is 18.5. The topological polar surface area (TPSA) is 123 Å². The highest BCUT2D eigenvalue weighted by Crippen LogP contribution is 2.30. The molecule has 2 rings (SSSR count). The van der Waals surface area contributed by atoms with Crippen LogP contribution in [0.5, 0.6) is 11.5 Å². The minimum Gasteiger partial charge on any atom is -0.485 e. The van der Waals surface area contributed by atoms with E-state index in [0.717, 1.165) is 5.56 Å². The number of alkyl carbamates (subject to hydrolysis) is 1. The molecule has 0 radical (unpaired) electrons. The Kier molecular flexibility index (Phi) is 8.46. The quantitative estimate of drug-likeness (QED) is 0.569. The Labute approximate surface area is 186 Å². The lowest BCUT2D eigenvalue weighted by Crippen LogP contribution is -2.44. The van der Waals surface area contributed by atoms with Gasteiger partial charge in [0.25, 0.3) is 0 Å². The molecule has 172 valence electrons. The lowest BCUT2D eigenvalue weighted by molar-refractivity contribution is -0.139. The van der Waals surface area contributed by atoms with Gasteiger partial charge in [0.15, 0.2) is 11.5 Å². The van der Waals surface area contributed by atoms with Crippen molar-refractivity contribution in [1.82, 2.24) is 10.6 Å². The van der Waals surface area contributed by atoms with Gasteiger partial charge >= 0.3 is 18.2 Å². The lowest BCUT2D eigenvalue weighted by Gasteiger charge is -2.22. The maximum atomic E-state index is 12.0. The predicted molar refractivity (Wildman–Crippen MR) is 117 cm³/mol. The normalized spacial score (nSPS) is 11.8. The third kappa shape index (κ3) is 8.17. The number of hydrogen-bond donors (Lipinski definition) is 3. The molecule has 0 fully saturated rings. The monoisotopic (exact) mass is 444 g/mol. The molecule has 3 N–H and O–H groups in total. The number of hydrogen-bond acceptors (Lipinski definition) is 6. The molecule has 2 aromatic rings. The molecule has 0 aromatic heterocycles. The SMILES string of the molecule is CNC(=O)Oc1ccc(C[C@H](NC(=O)OC(C)(C)C)C(=O)O)cc1OCc1ccccc1. The van der Waals surface area contributed by atoms with Crippen molar-refractivity contribution in [3.8, 4) is 11.5 Å². The summed E-state index contributed by atoms with van der Waals surface area (Å²) in [5.41, 5.74) is 0.698. The maximum absolute atomic E-state index is 12.0. The second-order valence-corrected chi connectivity index (χ2v) is 7.94. The first-order valence-corrected chi connectivity index (χ1v) is 9.99. The van der Waals surface area contributed by atoms with Gasteiger partial charge in [-0.3, -0.25) is 0 Å². The zero-order valence-corrected chi connectivity index (χ0v) is 18.5. The summed E-state index contributed by atoms with van der Waals surface area (Å²) >= 11 is 0. The summed E-state index contributed by atoms with van der Waals surface area (Å²) in [5.74, 6) is -0.777. The summed E-state index contributed by atoms with van der Waals surface area (Å²) in [4.78, 5) is 35.4. The minimum absolute atomic E-state index is 0.0312. The molecular weight excluding hydrogens is 416 g/mol. The number of carbonyl (C=O) groups is 3. The minimum atomic E-state index is -1.22. The van der Waals surface area contributed by atoms with Crippen LogP contribution in [-0.2, 0) is 22.6 Å². The van der Waals surface area contributed by atoms with Crippen molar-refractivity contribution in [2.75, 3.05) is 7.05 Å². The number of aliphatic carboxylic acids is 1. The molecule has 0 aliphatic rings. The molecule has 0 aliphatic carbocycles. The molecule has 0 bridgehead atoms. The highest BCUT2D eigenvalue weighted by Gasteiger charge is 2.25.